The van der Waals surface area contributed by atoms with Gasteiger partial charge in [0.05, 0.1) is 18.8 Å². The highest BCUT2D eigenvalue weighted by Crippen LogP contribution is 2.32. The minimum Gasteiger partial charge on any atom is -0.465 e. The highest BCUT2D eigenvalue weighted by Gasteiger charge is 2.17. The predicted octanol–water partition coefficient (Wildman–Crippen LogP) is 2.13. The summed E-state index contributed by atoms with van der Waals surface area (Å²) in [5.74, 6) is 0.841. The summed E-state index contributed by atoms with van der Waals surface area (Å²) in [6.45, 7) is 2.69. The lowest BCUT2D eigenvalue weighted by molar-refractivity contribution is 0.0965. The van der Waals surface area contributed by atoms with Crippen molar-refractivity contribution in [2.24, 2.45) is 4.99 Å². The van der Waals surface area contributed by atoms with E-state index in [9.17, 15) is 4.79 Å². The second kappa shape index (κ2) is 7.45. The van der Waals surface area contributed by atoms with Crippen molar-refractivity contribution in [1.82, 2.24) is 10.3 Å². The van der Waals surface area contributed by atoms with Crippen LogP contribution in [-0.2, 0) is 11.3 Å². The van der Waals surface area contributed by atoms with E-state index in [1.807, 2.05) is 25.1 Å². The van der Waals surface area contributed by atoms with Crippen LogP contribution >= 0.6 is 0 Å². The largest absolute Gasteiger partial charge is 0.465 e. The van der Waals surface area contributed by atoms with Gasteiger partial charge in [0.2, 0.25) is 6.79 Å². The summed E-state index contributed by atoms with van der Waals surface area (Å²) in [5.41, 5.74) is 1.22. The SMILES string of the molecule is CCOC(=NCc1ccccn1)NC(=O)c1ccc2c(c1)OCO2. The number of hydrogen-bond acceptors (Lipinski definition) is 6. The molecule has 3 rings (SSSR count). The summed E-state index contributed by atoms with van der Waals surface area (Å²) < 4.78 is 15.9. The van der Waals surface area contributed by atoms with Gasteiger partial charge in [0.1, 0.15) is 0 Å². The predicted molar refractivity (Wildman–Crippen MR) is 87.0 cm³/mol. The zero-order valence-corrected chi connectivity index (χ0v) is 13.2. The average Bonchev–Trinajstić information content (AvgIpc) is 3.08. The van der Waals surface area contributed by atoms with E-state index >= 15 is 0 Å². The third-order valence-corrected chi connectivity index (χ3v) is 3.25. The van der Waals surface area contributed by atoms with E-state index in [-0.39, 0.29) is 18.7 Å². The standard InChI is InChI=1S/C17H17N3O4/c1-2-22-17(19-10-13-5-3-4-8-18-13)20-16(21)12-6-7-14-15(9-12)24-11-23-14/h3-9H,2,10-11H2,1H3,(H,19,20,21). The van der Waals surface area contributed by atoms with Crippen LogP contribution in [0.15, 0.2) is 47.6 Å². The van der Waals surface area contributed by atoms with Gasteiger partial charge in [-0.15, -0.1) is 0 Å². The van der Waals surface area contributed by atoms with Gasteiger partial charge >= 0.3 is 0 Å². The number of nitrogens with one attached hydrogen (secondary N) is 1. The van der Waals surface area contributed by atoms with E-state index in [0.717, 1.165) is 5.69 Å². The number of amides is 1. The van der Waals surface area contributed by atoms with Crippen LogP contribution in [0.5, 0.6) is 11.5 Å². The Morgan fingerprint density at radius 3 is 2.96 bits per heavy atom. The van der Waals surface area contributed by atoms with Crippen LogP contribution in [0.3, 0.4) is 0 Å². The number of ether oxygens (including phenoxy) is 3. The zero-order valence-electron chi connectivity index (χ0n) is 13.2. The van der Waals surface area contributed by atoms with E-state index < -0.39 is 0 Å². The average molecular weight is 327 g/mol. The lowest BCUT2D eigenvalue weighted by Gasteiger charge is -2.09. The lowest BCUT2D eigenvalue weighted by Crippen LogP contribution is -2.32. The van der Waals surface area contributed by atoms with Gasteiger partial charge in [-0.05, 0) is 37.3 Å². The normalized spacial score (nSPS) is 12.8. The first-order chi connectivity index (χ1) is 11.8. The van der Waals surface area contributed by atoms with Crippen LogP contribution in [0.1, 0.15) is 23.0 Å². The molecule has 24 heavy (non-hydrogen) atoms. The van der Waals surface area contributed by atoms with E-state index in [4.69, 9.17) is 14.2 Å². The van der Waals surface area contributed by atoms with Gasteiger partial charge < -0.3 is 14.2 Å². The van der Waals surface area contributed by atoms with Crippen molar-refractivity contribution < 1.29 is 19.0 Å². The Kier molecular flexibility index (Phi) is 4.90. The molecule has 0 fully saturated rings. The molecule has 0 unspecified atom stereocenters. The lowest BCUT2D eigenvalue weighted by atomic mass is 10.2. The molecule has 7 heteroatoms. The Hall–Kier alpha value is -3.09. The van der Waals surface area contributed by atoms with Crippen molar-refractivity contribution in [2.75, 3.05) is 13.4 Å². The van der Waals surface area contributed by atoms with Crippen molar-refractivity contribution in [2.45, 2.75) is 13.5 Å². The van der Waals surface area contributed by atoms with Crippen molar-refractivity contribution in [1.29, 1.82) is 0 Å². The number of hydrogen-bond donors (Lipinski definition) is 1. The Bertz CT molecular complexity index is 747. The zero-order chi connectivity index (χ0) is 16.8. The van der Waals surface area contributed by atoms with E-state index in [2.05, 4.69) is 15.3 Å². The molecule has 0 saturated carbocycles. The summed E-state index contributed by atoms with van der Waals surface area (Å²) >= 11 is 0. The molecule has 1 aromatic carbocycles. The number of carbonyl (C=O) groups is 1. The maximum absolute atomic E-state index is 12.4. The summed E-state index contributed by atoms with van der Waals surface area (Å²) in [5, 5.41) is 2.66. The molecule has 0 spiro atoms. The fraction of sp³-hybridized carbons (Fsp3) is 0.235. The molecule has 1 aliphatic heterocycles. The molecule has 0 bridgehead atoms. The van der Waals surface area contributed by atoms with Gasteiger partial charge in [-0.3, -0.25) is 15.1 Å². The second-order valence-corrected chi connectivity index (χ2v) is 4.90. The molecular formula is C17H17N3O4. The van der Waals surface area contributed by atoms with Gasteiger partial charge in [0.15, 0.2) is 11.5 Å². The van der Waals surface area contributed by atoms with Gasteiger partial charge in [-0.2, -0.15) is 0 Å². The second-order valence-electron chi connectivity index (χ2n) is 4.90. The van der Waals surface area contributed by atoms with Crippen molar-refractivity contribution in [3.63, 3.8) is 0 Å². The number of amidine groups is 1. The fourth-order valence-electron chi connectivity index (χ4n) is 2.11. The van der Waals surface area contributed by atoms with Gasteiger partial charge in [0, 0.05) is 11.8 Å². The molecule has 0 radical (unpaired) electrons. The van der Waals surface area contributed by atoms with Gasteiger partial charge in [-0.1, -0.05) is 6.07 Å². The van der Waals surface area contributed by atoms with E-state index in [1.54, 1.807) is 24.4 Å². The molecule has 0 saturated heterocycles. The summed E-state index contributed by atoms with van der Waals surface area (Å²) in [6, 6.07) is 10.7. The van der Waals surface area contributed by atoms with Gasteiger partial charge in [-0.25, -0.2) is 4.99 Å². The van der Waals surface area contributed by atoms with Crippen molar-refractivity contribution in [3.8, 4) is 11.5 Å². The maximum atomic E-state index is 12.4. The van der Waals surface area contributed by atoms with Crippen LogP contribution in [0.4, 0.5) is 0 Å². The van der Waals surface area contributed by atoms with Crippen LogP contribution < -0.4 is 14.8 Å². The Balaban J connectivity index is 1.69. The number of fused-ring (bicyclic) bond motifs is 1. The number of rotatable bonds is 4. The molecule has 1 N–H and O–H groups in total. The highest BCUT2D eigenvalue weighted by molar-refractivity contribution is 6.04. The monoisotopic (exact) mass is 327 g/mol. The third kappa shape index (κ3) is 3.81. The smallest absolute Gasteiger partial charge is 0.292 e. The minimum absolute atomic E-state index is 0.158. The Labute approximate surface area is 139 Å². The molecule has 1 amide bonds. The maximum Gasteiger partial charge on any atom is 0.292 e. The molecule has 0 aliphatic carbocycles. The quantitative estimate of drug-likeness (QED) is 0.687. The van der Waals surface area contributed by atoms with Crippen LogP contribution in [0.2, 0.25) is 0 Å². The minimum atomic E-state index is -0.332. The summed E-state index contributed by atoms with van der Waals surface area (Å²) in [6.07, 6.45) is 1.69. The van der Waals surface area contributed by atoms with Crippen LogP contribution in [0.25, 0.3) is 0 Å². The number of benzene rings is 1. The number of pyridine rings is 1. The highest BCUT2D eigenvalue weighted by atomic mass is 16.7. The van der Waals surface area contributed by atoms with E-state index in [0.29, 0.717) is 30.2 Å². The Morgan fingerprint density at radius 1 is 1.29 bits per heavy atom. The molecule has 0 atom stereocenters. The molecule has 124 valence electrons. The van der Waals surface area contributed by atoms with Gasteiger partial charge in [0.25, 0.3) is 11.9 Å². The van der Waals surface area contributed by atoms with Crippen molar-refractivity contribution >= 4 is 11.9 Å². The third-order valence-electron chi connectivity index (χ3n) is 3.25. The fourth-order valence-corrected chi connectivity index (χ4v) is 2.11. The van der Waals surface area contributed by atoms with Crippen LogP contribution in [0, 0.1) is 0 Å². The number of aromatic nitrogens is 1. The topological polar surface area (TPSA) is 82.0 Å². The number of carbonyl (C=O) groups excluding carboxylic acids is 1. The van der Waals surface area contributed by atoms with Crippen LogP contribution in [-0.4, -0.2) is 30.3 Å². The molecule has 2 aromatic rings. The first-order valence-electron chi connectivity index (χ1n) is 7.54. The van der Waals surface area contributed by atoms with E-state index in [1.165, 1.54) is 0 Å². The van der Waals surface area contributed by atoms with Crippen molar-refractivity contribution in [3.05, 3.63) is 53.9 Å². The molecule has 7 nitrogen and oxygen atoms in total. The Morgan fingerprint density at radius 2 is 2.17 bits per heavy atom. The molecule has 1 aliphatic rings. The first kappa shape index (κ1) is 15.8. The molecule has 2 heterocycles. The molecule has 1 aromatic heterocycles. The number of nitrogens with zero attached hydrogens (tertiary/aromatic N) is 2. The summed E-state index contributed by atoms with van der Waals surface area (Å²) in [7, 11) is 0. The number of aliphatic imine (C=N–C) groups is 1. The molecular weight excluding hydrogens is 310 g/mol. The first-order valence-corrected chi connectivity index (χ1v) is 7.54. The summed E-state index contributed by atoms with van der Waals surface area (Å²) in [4.78, 5) is 20.8.